The molecule has 2 aromatic carbocycles. The Bertz CT molecular complexity index is 1140. The van der Waals surface area contributed by atoms with E-state index >= 15 is 0 Å². The highest BCUT2D eigenvalue weighted by Crippen LogP contribution is 2.24. The van der Waals surface area contributed by atoms with Gasteiger partial charge in [0, 0.05) is 45.2 Å². The molecule has 0 saturated carbocycles. The Morgan fingerprint density at radius 2 is 1.77 bits per heavy atom. The number of hydrogen-bond donors (Lipinski definition) is 0. The average Bonchev–Trinajstić information content (AvgIpc) is 2.76. The Hall–Kier alpha value is -3.06. The fourth-order valence-electron chi connectivity index (χ4n) is 4.06. The first kappa shape index (κ1) is 20.2. The molecule has 1 fully saturated rings. The molecule has 4 rings (SSSR count). The Kier molecular flexibility index (Phi) is 5.63. The maximum absolute atomic E-state index is 13.4. The second-order valence-electron chi connectivity index (χ2n) is 7.81. The van der Waals surface area contributed by atoms with Gasteiger partial charge >= 0.3 is 0 Å². The lowest BCUT2D eigenvalue weighted by atomic mass is 9.99. The number of carbonyl (C=O) groups excluding carboxylic acids is 1. The third kappa shape index (κ3) is 3.98. The van der Waals surface area contributed by atoms with Gasteiger partial charge in [-0.3, -0.25) is 14.5 Å². The number of aromatic nitrogens is 2. The van der Waals surface area contributed by atoms with Crippen molar-refractivity contribution < 1.29 is 9.18 Å². The summed E-state index contributed by atoms with van der Waals surface area (Å²) in [4.78, 5) is 29.6. The van der Waals surface area contributed by atoms with Crippen molar-refractivity contribution in [2.45, 2.75) is 19.4 Å². The van der Waals surface area contributed by atoms with Gasteiger partial charge < -0.3 is 4.90 Å². The predicted octanol–water partition coefficient (Wildman–Crippen LogP) is 2.52. The number of fused-ring (bicyclic) bond motifs is 1. The summed E-state index contributed by atoms with van der Waals surface area (Å²) in [6.07, 6.45) is 0. The lowest BCUT2D eigenvalue weighted by Crippen LogP contribution is -2.49. The molecule has 1 atom stereocenters. The zero-order valence-electron chi connectivity index (χ0n) is 17.2. The summed E-state index contributed by atoms with van der Waals surface area (Å²) in [5.41, 5.74) is 1.39. The highest BCUT2D eigenvalue weighted by molar-refractivity contribution is 5.91. The minimum absolute atomic E-state index is 0.0108. The van der Waals surface area contributed by atoms with Crippen molar-refractivity contribution in [3.05, 3.63) is 76.0 Å². The molecule has 1 aliphatic heterocycles. The Morgan fingerprint density at radius 3 is 2.47 bits per heavy atom. The number of amides is 1. The van der Waals surface area contributed by atoms with Gasteiger partial charge in [-0.05, 0) is 30.7 Å². The van der Waals surface area contributed by atoms with Crippen LogP contribution in [0.1, 0.15) is 24.1 Å². The van der Waals surface area contributed by atoms with Gasteiger partial charge in [0.2, 0.25) is 5.91 Å². The minimum Gasteiger partial charge on any atom is -0.340 e. The van der Waals surface area contributed by atoms with Crippen molar-refractivity contribution in [3.8, 4) is 0 Å². The van der Waals surface area contributed by atoms with Crippen molar-refractivity contribution in [3.63, 3.8) is 0 Å². The van der Waals surface area contributed by atoms with E-state index in [0.29, 0.717) is 30.7 Å². The molecule has 1 amide bonds. The number of nitrogens with zero attached hydrogens (tertiary/aromatic N) is 4. The minimum atomic E-state index is -0.448. The smallest absolute Gasteiger partial charge is 0.274 e. The van der Waals surface area contributed by atoms with Crippen LogP contribution in [0.4, 0.5) is 4.39 Å². The van der Waals surface area contributed by atoms with Crippen LogP contribution in [0.15, 0.2) is 53.3 Å². The summed E-state index contributed by atoms with van der Waals surface area (Å²) in [7, 11) is 1.61. The van der Waals surface area contributed by atoms with Crippen LogP contribution in [0.5, 0.6) is 0 Å². The van der Waals surface area contributed by atoms with E-state index in [2.05, 4.69) is 10.00 Å². The molecule has 0 spiro atoms. The second-order valence-corrected chi connectivity index (χ2v) is 7.81. The molecule has 1 saturated heterocycles. The van der Waals surface area contributed by atoms with Gasteiger partial charge in [-0.1, -0.05) is 30.3 Å². The molecule has 1 aliphatic rings. The van der Waals surface area contributed by atoms with Crippen LogP contribution in [-0.2, 0) is 18.4 Å². The molecule has 2 heterocycles. The lowest BCUT2D eigenvalue weighted by Gasteiger charge is -2.36. The fourth-order valence-corrected chi connectivity index (χ4v) is 4.06. The quantitative estimate of drug-likeness (QED) is 0.666. The highest BCUT2D eigenvalue weighted by atomic mass is 19.1. The topological polar surface area (TPSA) is 58.4 Å². The van der Waals surface area contributed by atoms with Crippen LogP contribution >= 0.6 is 0 Å². The standard InChI is InChI=1S/C23H25FN4O2/c1-16(21-19-8-3-4-9-20(19)23(30)26(2)25-21)22(29)28-12-10-27(11-13-28)15-17-6-5-7-18(24)14-17/h3-9,14,16H,10-13,15H2,1-2H3. The monoisotopic (exact) mass is 408 g/mol. The summed E-state index contributed by atoms with van der Waals surface area (Å²) in [6.45, 7) is 5.21. The van der Waals surface area contributed by atoms with Gasteiger partial charge in [-0.15, -0.1) is 0 Å². The van der Waals surface area contributed by atoms with E-state index in [9.17, 15) is 14.0 Å². The number of halogens is 1. The molecule has 156 valence electrons. The molecule has 7 heteroatoms. The second kappa shape index (κ2) is 8.36. The number of rotatable bonds is 4. The van der Waals surface area contributed by atoms with Gasteiger partial charge in [-0.25, -0.2) is 9.07 Å². The molecule has 1 unspecified atom stereocenters. The first-order chi connectivity index (χ1) is 14.4. The van der Waals surface area contributed by atoms with E-state index in [1.807, 2.05) is 36.1 Å². The molecule has 0 aliphatic carbocycles. The summed E-state index contributed by atoms with van der Waals surface area (Å²) in [5, 5.41) is 5.71. The van der Waals surface area contributed by atoms with E-state index in [4.69, 9.17) is 0 Å². The van der Waals surface area contributed by atoms with Crippen LogP contribution in [0.2, 0.25) is 0 Å². The lowest BCUT2D eigenvalue weighted by molar-refractivity contribution is -0.134. The third-order valence-electron chi connectivity index (χ3n) is 5.74. The van der Waals surface area contributed by atoms with E-state index in [-0.39, 0.29) is 17.3 Å². The van der Waals surface area contributed by atoms with E-state index in [1.165, 1.54) is 10.7 Å². The highest BCUT2D eigenvalue weighted by Gasteiger charge is 2.28. The molecular formula is C23H25FN4O2. The summed E-state index contributed by atoms with van der Waals surface area (Å²) in [6, 6.07) is 13.9. The van der Waals surface area contributed by atoms with Crippen molar-refractivity contribution in [1.29, 1.82) is 0 Å². The van der Waals surface area contributed by atoms with Crippen LogP contribution in [-0.4, -0.2) is 51.7 Å². The van der Waals surface area contributed by atoms with Gasteiger partial charge in [0.15, 0.2) is 0 Å². The van der Waals surface area contributed by atoms with Crippen molar-refractivity contribution in [2.24, 2.45) is 7.05 Å². The summed E-state index contributed by atoms with van der Waals surface area (Å²) < 4.78 is 14.7. The van der Waals surface area contributed by atoms with Crippen LogP contribution in [0, 0.1) is 5.82 Å². The number of aryl methyl sites for hydroxylation is 1. The molecule has 6 nitrogen and oxygen atoms in total. The maximum atomic E-state index is 13.4. The van der Waals surface area contributed by atoms with Gasteiger partial charge in [0.25, 0.3) is 5.56 Å². The number of benzene rings is 2. The van der Waals surface area contributed by atoms with Crippen molar-refractivity contribution in [1.82, 2.24) is 19.6 Å². The number of carbonyl (C=O) groups is 1. The summed E-state index contributed by atoms with van der Waals surface area (Å²) >= 11 is 0. The number of hydrogen-bond acceptors (Lipinski definition) is 4. The van der Waals surface area contributed by atoms with Crippen LogP contribution in [0.3, 0.4) is 0 Å². The normalized spacial score (nSPS) is 16.0. The molecule has 0 N–H and O–H groups in total. The third-order valence-corrected chi connectivity index (χ3v) is 5.74. The largest absolute Gasteiger partial charge is 0.340 e. The Morgan fingerprint density at radius 1 is 1.07 bits per heavy atom. The predicted molar refractivity (Wildman–Crippen MR) is 114 cm³/mol. The first-order valence-electron chi connectivity index (χ1n) is 10.2. The van der Waals surface area contributed by atoms with Gasteiger partial charge in [0.05, 0.1) is 17.0 Å². The van der Waals surface area contributed by atoms with Crippen LogP contribution in [0.25, 0.3) is 10.8 Å². The van der Waals surface area contributed by atoms with Gasteiger partial charge in [-0.2, -0.15) is 5.10 Å². The fraction of sp³-hybridized carbons (Fsp3) is 0.348. The number of piperazine rings is 1. The zero-order chi connectivity index (χ0) is 21.3. The molecule has 30 heavy (non-hydrogen) atoms. The van der Waals surface area contributed by atoms with E-state index in [1.54, 1.807) is 25.2 Å². The molecular weight excluding hydrogens is 383 g/mol. The Labute approximate surface area is 174 Å². The maximum Gasteiger partial charge on any atom is 0.274 e. The summed E-state index contributed by atoms with van der Waals surface area (Å²) in [5.74, 6) is -0.666. The van der Waals surface area contributed by atoms with Crippen molar-refractivity contribution >= 4 is 16.7 Å². The van der Waals surface area contributed by atoms with Crippen LogP contribution < -0.4 is 5.56 Å². The molecule has 0 bridgehead atoms. The van der Waals surface area contributed by atoms with E-state index < -0.39 is 5.92 Å². The Balaban J connectivity index is 1.46. The van der Waals surface area contributed by atoms with Gasteiger partial charge in [0.1, 0.15) is 5.82 Å². The first-order valence-corrected chi connectivity index (χ1v) is 10.2. The molecule has 1 aromatic heterocycles. The zero-order valence-corrected chi connectivity index (χ0v) is 17.2. The van der Waals surface area contributed by atoms with Crippen molar-refractivity contribution in [2.75, 3.05) is 26.2 Å². The average molecular weight is 408 g/mol. The SMILES string of the molecule is CC(C(=O)N1CCN(Cc2cccc(F)c2)CC1)c1nn(C)c(=O)c2ccccc12. The molecule has 0 radical (unpaired) electrons. The van der Waals surface area contributed by atoms with E-state index in [0.717, 1.165) is 24.0 Å². The molecule has 3 aromatic rings.